The average Bonchev–Trinajstić information content (AvgIpc) is 3.43. The SMILES string of the molecule is C=CCN1C(=O)C(CC)(CC)c2cc3[nH]c4c(c3cc21)CCCc1cn(COCC[Si](C)(C)C)nc1-4. The molecule has 0 spiro atoms. The van der Waals surface area contributed by atoms with Crippen molar-refractivity contribution in [3.8, 4) is 11.4 Å². The average molecular weight is 505 g/mol. The second-order valence-corrected chi connectivity index (χ2v) is 17.3. The Hall–Kier alpha value is -2.64. The van der Waals surface area contributed by atoms with Crippen LogP contribution in [0.3, 0.4) is 0 Å². The smallest absolute Gasteiger partial charge is 0.237 e. The summed E-state index contributed by atoms with van der Waals surface area (Å²) in [6.07, 6.45) is 8.66. The molecule has 0 unspecified atom stereocenters. The Morgan fingerprint density at radius 3 is 2.69 bits per heavy atom. The molecule has 1 aliphatic carbocycles. The first kappa shape index (κ1) is 25.0. The first-order valence-corrected chi connectivity index (χ1v) is 17.2. The quantitative estimate of drug-likeness (QED) is 0.208. The van der Waals surface area contributed by atoms with Gasteiger partial charge in [-0.1, -0.05) is 39.6 Å². The van der Waals surface area contributed by atoms with Crippen LogP contribution in [0.1, 0.15) is 49.8 Å². The van der Waals surface area contributed by atoms with Gasteiger partial charge in [-0.15, -0.1) is 6.58 Å². The molecule has 1 aliphatic heterocycles. The van der Waals surface area contributed by atoms with E-state index < -0.39 is 13.5 Å². The van der Waals surface area contributed by atoms with Crippen molar-refractivity contribution in [3.63, 3.8) is 0 Å². The molecule has 36 heavy (non-hydrogen) atoms. The van der Waals surface area contributed by atoms with Crippen molar-refractivity contribution < 1.29 is 9.53 Å². The number of hydrogen-bond acceptors (Lipinski definition) is 3. The standard InChI is InChI=1S/C29H40N4O2Si/c1-7-13-33-25-16-22-21-12-10-11-20-18-32(19-35-14-15-36(4,5)6)31-26(20)27(21)30-24(22)17-23(25)29(8-2,9-3)28(33)34/h7,16-18,30H,1,8-15,19H2,2-6H3. The molecule has 3 aromatic rings. The summed E-state index contributed by atoms with van der Waals surface area (Å²) in [5.41, 5.74) is 7.59. The Bertz CT molecular complexity index is 1310. The van der Waals surface area contributed by atoms with Gasteiger partial charge in [-0.05, 0) is 67.0 Å². The summed E-state index contributed by atoms with van der Waals surface area (Å²) < 4.78 is 7.93. The molecule has 192 valence electrons. The van der Waals surface area contributed by atoms with Crippen molar-refractivity contribution in [2.45, 2.75) is 83.8 Å². The summed E-state index contributed by atoms with van der Waals surface area (Å²) in [6.45, 7) is 17.1. The van der Waals surface area contributed by atoms with Gasteiger partial charge in [0.2, 0.25) is 5.91 Å². The Morgan fingerprint density at radius 2 is 2.00 bits per heavy atom. The molecule has 0 radical (unpaired) electrons. The topological polar surface area (TPSA) is 63.2 Å². The fourth-order valence-electron chi connectivity index (χ4n) is 6.00. The molecular formula is C29H40N4O2Si. The van der Waals surface area contributed by atoms with Crippen molar-refractivity contribution in [3.05, 3.63) is 47.7 Å². The maximum Gasteiger partial charge on any atom is 0.237 e. The predicted molar refractivity (Wildman–Crippen MR) is 150 cm³/mol. The van der Waals surface area contributed by atoms with Gasteiger partial charge < -0.3 is 14.6 Å². The number of amides is 1. The number of nitrogens with zero attached hydrogens (tertiary/aromatic N) is 3. The summed E-state index contributed by atoms with van der Waals surface area (Å²) >= 11 is 0. The van der Waals surface area contributed by atoms with E-state index in [9.17, 15) is 4.79 Å². The molecular weight excluding hydrogens is 464 g/mol. The second kappa shape index (κ2) is 9.34. The highest BCUT2D eigenvalue weighted by molar-refractivity contribution is 6.76. The van der Waals surface area contributed by atoms with Crippen LogP contribution in [0.15, 0.2) is 31.0 Å². The van der Waals surface area contributed by atoms with Crippen LogP contribution in [0.2, 0.25) is 25.7 Å². The largest absolute Gasteiger partial charge is 0.360 e. The Kier molecular flexibility index (Phi) is 6.49. The van der Waals surface area contributed by atoms with Crippen LogP contribution in [-0.4, -0.2) is 41.9 Å². The van der Waals surface area contributed by atoms with Crippen LogP contribution in [0.4, 0.5) is 5.69 Å². The zero-order valence-electron chi connectivity index (χ0n) is 22.5. The molecule has 1 amide bonds. The first-order valence-electron chi connectivity index (χ1n) is 13.5. The van der Waals surface area contributed by atoms with Crippen molar-refractivity contribution in [2.75, 3.05) is 18.1 Å². The third kappa shape index (κ3) is 4.06. The van der Waals surface area contributed by atoms with Gasteiger partial charge in [0.15, 0.2) is 0 Å². The number of fused-ring (bicyclic) bond motifs is 6. The number of benzene rings is 1. The minimum atomic E-state index is -1.11. The molecule has 2 aromatic heterocycles. The lowest BCUT2D eigenvalue weighted by atomic mass is 9.76. The van der Waals surface area contributed by atoms with E-state index in [0.29, 0.717) is 13.3 Å². The lowest BCUT2D eigenvalue weighted by Crippen LogP contribution is -2.39. The molecule has 0 bridgehead atoms. The monoisotopic (exact) mass is 504 g/mol. The van der Waals surface area contributed by atoms with Crippen molar-refractivity contribution >= 4 is 30.6 Å². The minimum Gasteiger partial charge on any atom is -0.360 e. The fraction of sp³-hybridized carbons (Fsp3) is 0.517. The number of aromatic amines is 1. The van der Waals surface area contributed by atoms with E-state index in [-0.39, 0.29) is 5.91 Å². The van der Waals surface area contributed by atoms with Crippen LogP contribution in [0, 0.1) is 0 Å². The van der Waals surface area contributed by atoms with E-state index in [2.05, 4.69) is 63.4 Å². The van der Waals surface area contributed by atoms with Crippen LogP contribution in [0.25, 0.3) is 22.3 Å². The number of hydrogen-bond donors (Lipinski definition) is 1. The summed E-state index contributed by atoms with van der Waals surface area (Å²) in [7, 11) is -1.11. The molecule has 5 rings (SSSR count). The fourth-order valence-corrected chi connectivity index (χ4v) is 6.75. The number of ether oxygens (including phenoxy) is 1. The molecule has 0 fully saturated rings. The molecule has 0 saturated heterocycles. The van der Waals surface area contributed by atoms with E-state index in [1.165, 1.54) is 16.5 Å². The number of aromatic nitrogens is 3. The van der Waals surface area contributed by atoms with Crippen molar-refractivity contribution in [1.29, 1.82) is 0 Å². The normalized spacial score (nSPS) is 16.7. The summed E-state index contributed by atoms with van der Waals surface area (Å²) in [4.78, 5) is 19.2. The molecule has 3 heterocycles. The molecule has 1 N–H and O–H groups in total. The summed E-state index contributed by atoms with van der Waals surface area (Å²) in [6, 6.07) is 5.65. The molecule has 6 nitrogen and oxygen atoms in total. The van der Waals surface area contributed by atoms with Gasteiger partial charge in [-0.3, -0.25) is 4.79 Å². The maximum atomic E-state index is 13.6. The van der Waals surface area contributed by atoms with Crippen LogP contribution < -0.4 is 4.90 Å². The number of carbonyl (C=O) groups excluding carboxylic acids is 1. The minimum absolute atomic E-state index is 0.205. The first-order chi connectivity index (χ1) is 17.2. The Morgan fingerprint density at radius 1 is 1.22 bits per heavy atom. The molecule has 2 aliphatic rings. The van der Waals surface area contributed by atoms with E-state index in [1.807, 2.05) is 15.7 Å². The highest BCUT2D eigenvalue weighted by atomic mass is 28.3. The van der Waals surface area contributed by atoms with Gasteiger partial charge in [-0.2, -0.15) is 5.10 Å². The lowest BCUT2D eigenvalue weighted by molar-refractivity contribution is -0.123. The van der Waals surface area contributed by atoms with Gasteiger partial charge in [0, 0.05) is 44.0 Å². The number of anilines is 1. The van der Waals surface area contributed by atoms with E-state index >= 15 is 0 Å². The highest BCUT2D eigenvalue weighted by Crippen LogP contribution is 2.49. The van der Waals surface area contributed by atoms with Crippen LogP contribution >= 0.6 is 0 Å². The molecule has 7 heteroatoms. The zero-order chi connectivity index (χ0) is 25.7. The predicted octanol–water partition coefficient (Wildman–Crippen LogP) is 6.42. The zero-order valence-corrected chi connectivity index (χ0v) is 23.5. The molecule has 0 saturated carbocycles. The highest BCUT2D eigenvalue weighted by Gasteiger charge is 2.48. The Labute approximate surface area is 215 Å². The summed E-state index contributed by atoms with van der Waals surface area (Å²) in [5.74, 6) is 0.205. The number of aryl methyl sites for hydroxylation is 2. The molecule has 0 atom stereocenters. The van der Waals surface area contributed by atoms with Crippen LogP contribution in [0.5, 0.6) is 0 Å². The number of carbonyl (C=O) groups is 1. The maximum absolute atomic E-state index is 13.6. The van der Waals surface area contributed by atoms with Crippen molar-refractivity contribution in [2.24, 2.45) is 0 Å². The number of rotatable bonds is 9. The van der Waals surface area contributed by atoms with Gasteiger partial charge >= 0.3 is 0 Å². The molecule has 1 aromatic carbocycles. The lowest BCUT2D eigenvalue weighted by Gasteiger charge is -2.25. The third-order valence-electron chi connectivity index (χ3n) is 8.17. The van der Waals surface area contributed by atoms with Crippen molar-refractivity contribution in [1.82, 2.24) is 14.8 Å². The van der Waals surface area contributed by atoms with Gasteiger partial charge in [0.1, 0.15) is 12.4 Å². The van der Waals surface area contributed by atoms with Gasteiger partial charge in [-0.25, -0.2) is 4.68 Å². The third-order valence-corrected chi connectivity index (χ3v) is 9.87. The number of nitrogens with one attached hydrogen (secondary N) is 1. The second-order valence-electron chi connectivity index (χ2n) is 11.6. The van der Waals surface area contributed by atoms with Gasteiger partial charge in [0.25, 0.3) is 0 Å². The number of H-pyrrole nitrogens is 1. The van der Waals surface area contributed by atoms with Gasteiger partial charge in [0.05, 0.1) is 11.1 Å². The Balaban J connectivity index is 1.54. The summed E-state index contributed by atoms with van der Waals surface area (Å²) in [5, 5.41) is 6.18. The van der Waals surface area contributed by atoms with E-state index in [4.69, 9.17) is 9.84 Å². The van der Waals surface area contributed by atoms with Crippen LogP contribution in [-0.2, 0) is 34.5 Å². The van der Waals surface area contributed by atoms with E-state index in [0.717, 1.165) is 72.9 Å². The van der Waals surface area contributed by atoms with E-state index in [1.54, 1.807) is 0 Å².